The molecular formula is C17H12F3N3O4S. The molecule has 0 fully saturated rings. The van der Waals surface area contributed by atoms with Gasteiger partial charge in [0.05, 0.1) is 23.2 Å². The minimum atomic E-state index is -4.54. The van der Waals surface area contributed by atoms with Crippen molar-refractivity contribution in [2.24, 2.45) is 0 Å². The summed E-state index contributed by atoms with van der Waals surface area (Å²) in [6.07, 6.45) is -4.54. The molecule has 2 aromatic heterocycles. The van der Waals surface area contributed by atoms with E-state index >= 15 is 0 Å². The predicted octanol–water partition coefficient (Wildman–Crippen LogP) is 3.34. The van der Waals surface area contributed by atoms with Crippen LogP contribution in [0, 0.1) is 0 Å². The number of ether oxygens (including phenoxy) is 2. The molecule has 0 spiro atoms. The van der Waals surface area contributed by atoms with Crippen molar-refractivity contribution in [1.82, 2.24) is 14.8 Å². The van der Waals surface area contributed by atoms with E-state index in [0.717, 1.165) is 23.9 Å². The first-order valence-corrected chi connectivity index (χ1v) is 8.60. The van der Waals surface area contributed by atoms with E-state index in [0.29, 0.717) is 4.88 Å². The van der Waals surface area contributed by atoms with Crippen LogP contribution in [-0.2, 0) is 20.4 Å². The number of methoxy groups -OCH3 is 1. The molecule has 0 saturated carbocycles. The number of hydrogen-bond acceptors (Lipinski definition) is 7. The third kappa shape index (κ3) is 4.19. The minimum Gasteiger partial charge on any atom is -0.466 e. The molecule has 0 atom stereocenters. The fraction of sp³-hybridized carbons (Fsp3) is 0.176. The van der Waals surface area contributed by atoms with Gasteiger partial charge < -0.3 is 9.47 Å². The number of alkyl halides is 3. The molecule has 0 radical (unpaired) electrons. The maximum absolute atomic E-state index is 13.0. The van der Waals surface area contributed by atoms with E-state index in [1.807, 2.05) is 0 Å². The van der Waals surface area contributed by atoms with Crippen molar-refractivity contribution in [3.8, 4) is 16.4 Å². The molecule has 0 aliphatic heterocycles. The van der Waals surface area contributed by atoms with Crippen LogP contribution >= 0.6 is 11.3 Å². The molecule has 28 heavy (non-hydrogen) atoms. The lowest BCUT2D eigenvalue weighted by molar-refractivity contribution is -0.144. The van der Waals surface area contributed by atoms with Gasteiger partial charge in [-0.05, 0) is 29.6 Å². The Kier molecular flexibility index (Phi) is 5.45. The highest BCUT2D eigenvalue weighted by Crippen LogP contribution is 2.32. The zero-order valence-electron chi connectivity index (χ0n) is 14.3. The summed E-state index contributed by atoms with van der Waals surface area (Å²) in [7, 11) is 1.13. The van der Waals surface area contributed by atoms with Crippen LogP contribution in [-0.4, -0.2) is 40.4 Å². The van der Waals surface area contributed by atoms with E-state index in [-0.39, 0.29) is 11.5 Å². The van der Waals surface area contributed by atoms with Crippen LogP contribution in [0.3, 0.4) is 0 Å². The summed E-state index contributed by atoms with van der Waals surface area (Å²) < 4.78 is 49.4. The van der Waals surface area contributed by atoms with Crippen molar-refractivity contribution in [3.63, 3.8) is 0 Å². The molecule has 2 heterocycles. The number of thiophene rings is 1. The molecule has 7 nitrogen and oxygen atoms in total. The maximum Gasteiger partial charge on any atom is 0.416 e. The van der Waals surface area contributed by atoms with Gasteiger partial charge in [-0.15, -0.1) is 16.4 Å². The lowest BCUT2D eigenvalue weighted by Gasteiger charge is -2.09. The zero-order chi connectivity index (χ0) is 20.3. The number of halogens is 3. The van der Waals surface area contributed by atoms with Gasteiger partial charge >= 0.3 is 18.1 Å². The molecule has 3 aromatic rings. The molecule has 0 unspecified atom stereocenters. The third-order valence-corrected chi connectivity index (χ3v) is 4.36. The summed E-state index contributed by atoms with van der Waals surface area (Å²) in [5, 5.41) is 5.73. The van der Waals surface area contributed by atoms with Crippen molar-refractivity contribution in [2.45, 2.75) is 6.18 Å². The molecule has 146 valence electrons. The Morgan fingerprint density at radius 1 is 1.21 bits per heavy atom. The third-order valence-electron chi connectivity index (χ3n) is 3.50. The molecule has 0 N–H and O–H groups in total. The Balaban J connectivity index is 2.02. The average Bonchev–Trinajstić information content (AvgIpc) is 3.34. The monoisotopic (exact) mass is 411 g/mol. The van der Waals surface area contributed by atoms with Crippen molar-refractivity contribution in [2.75, 3.05) is 13.7 Å². The summed E-state index contributed by atoms with van der Waals surface area (Å²) in [4.78, 5) is 27.9. The van der Waals surface area contributed by atoms with E-state index in [4.69, 9.17) is 4.74 Å². The first-order chi connectivity index (χ1) is 13.3. The highest BCUT2D eigenvalue weighted by molar-refractivity contribution is 7.13. The minimum absolute atomic E-state index is 0.0674. The van der Waals surface area contributed by atoms with E-state index < -0.39 is 36.1 Å². The second kappa shape index (κ2) is 7.80. The smallest absolute Gasteiger partial charge is 0.416 e. The molecule has 3 rings (SSSR count). The molecule has 0 bridgehead atoms. The lowest BCUT2D eigenvalue weighted by Crippen LogP contribution is -2.16. The second-order valence-electron chi connectivity index (χ2n) is 5.35. The van der Waals surface area contributed by atoms with E-state index in [1.54, 1.807) is 17.5 Å². The molecular weight excluding hydrogens is 399 g/mol. The molecule has 0 amide bonds. The summed E-state index contributed by atoms with van der Waals surface area (Å²) in [5.41, 5.74) is -0.801. The van der Waals surface area contributed by atoms with Crippen LogP contribution in [0.2, 0.25) is 0 Å². The van der Waals surface area contributed by atoms with Gasteiger partial charge in [0.2, 0.25) is 0 Å². The van der Waals surface area contributed by atoms with Gasteiger partial charge in [0.25, 0.3) is 5.82 Å². The first-order valence-electron chi connectivity index (χ1n) is 7.72. The summed E-state index contributed by atoms with van der Waals surface area (Å²) in [5.74, 6) is -2.01. The number of esters is 2. The predicted molar refractivity (Wildman–Crippen MR) is 92.0 cm³/mol. The zero-order valence-corrected chi connectivity index (χ0v) is 15.1. The van der Waals surface area contributed by atoms with Gasteiger partial charge in [-0.3, -0.25) is 0 Å². The number of hydrogen-bond donors (Lipinski definition) is 0. The van der Waals surface area contributed by atoms with Crippen LogP contribution in [0.1, 0.15) is 16.2 Å². The molecule has 11 heteroatoms. The second-order valence-corrected chi connectivity index (χ2v) is 6.30. The highest BCUT2D eigenvalue weighted by atomic mass is 32.1. The van der Waals surface area contributed by atoms with Crippen LogP contribution in [0.4, 0.5) is 13.2 Å². The average molecular weight is 411 g/mol. The van der Waals surface area contributed by atoms with Crippen molar-refractivity contribution < 1.29 is 32.2 Å². The van der Waals surface area contributed by atoms with Gasteiger partial charge in [0.15, 0.2) is 12.4 Å². The van der Waals surface area contributed by atoms with Crippen LogP contribution in [0.5, 0.6) is 0 Å². The number of carbonyl (C=O) groups excluding carboxylic acids is 2. The summed E-state index contributed by atoms with van der Waals surface area (Å²) >= 11 is 1.27. The Labute approximate surface area is 160 Å². The van der Waals surface area contributed by atoms with Gasteiger partial charge in [-0.25, -0.2) is 14.3 Å². The number of rotatable bonds is 5. The maximum atomic E-state index is 13.0. The van der Waals surface area contributed by atoms with Gasteiger partial charge in [0, 0.05) is 0 Å². The number of aromatic nitrogens is 3. The Morgan fingerprint density at radius 2 is 2.00 bits per heavy atom. The van der Waals surface area contributed by atoms with E-state index in [1.165, 1.54) is 23.5 Å². The molecule has 0 saturated heterocycles. The fourth-order valence-corrected chi connectivity index (χ4v) is 2.90. The normalized spacial score (nSPS) is 11.3. The molecule has 1 aromatic carbocycles. The SMILES string of the molecule is COC(=O)COC(=O)c1nc(-c2cccs2)n(-c2cccc(C(F)(F)F)c2)n1. The van der Waals surface area contributed by atoms with Gasteiger partial charge in [-0.2, -0.15) is 18.2 Å². The first kappa shape index (κ1) is 19.5. The Bertz CT molecular complexity index is 999. The van der Waals surface area contributed by atoms with Crippen molar-refractivity contribution in [1.29, 1.82) is 0 Å². The quantitative estimate of drug-likeness (QED) is 0.599. The van der Waals surface area contributed by atoms with Crippen molar-refractivity contribution in [3.05, 3.63) is 53.2 Å². The number of benzene rings is 1. The Morgan fingerprint density at radius 3 is 2.64 bits per heavy atom. The largest absolute Gasteiger partial charge is 0.466 e. The molecule has 0 aliphatic carbocycles. The van der Waals surface area contributed by atoms with Crippen LogP contribution < -0.4 is 0 Å². The highest BCUT2D eigenvalue weighted by Gasteiger charge is 2.31. The lowest BCUT2D eigenvalue weighted by atomic mass is 10.2. The van der Waals surface area contributed by atoms with E-state index in [9.17, 15) is 22.8 Å². The van der Waals surface area contributed by atoms with Gasteiger partial charge in [-0.1, -0.05) is 12.1 Å². The van der Waals surface area contributed by atoms with Gasteiger partial charge in [0.1, 0.15) is 0 Å². The van der Waals surface area contributed by atoms with Crippen molar-refractivity contribution >= 4 is 23.3 Å². The fourth-order valence-electron chi connectivity index (χ4n) is 2.21. The standard InChI is InChI=1S/C17H12F3N3O4S/c1-26-13(24)9-27-16(25)14-21-15(12-6-3-7-28-12)23(22-14)11-5-2-4-10(8-11)17(18,19)20/h2-8H,9H2,1H3. The topological polar surface area (TPSA) is 83.3 Å². The number of carbonyl (C=O) groups is 2. The van der Waals surface area contributed by atoms with Crippen LogP contribution in [0.25, 0.3) is 16.4 Å². The number of nitrogens with zero attached hydrogens (tertiary/aromatic N) is 3. The summed E-state index contributed by atoms with van der Waals surface area (Å²) in [6.45, 7) is -0.637. The summed E-state index contributed by atoms with van der Waals surface area (Å²) in [6, 6.07) is 7.87. The molecule has 0 aliphatic rings. The van der Waals surface area contributed by atoms with E-state index in [2.05, 4.69) is 14.8 Å². The van der Waals surface area contributed by atoms with Crippen LogP contribution in [0.15, 0.2) is 41.8 Å². The Hall–Kier alpha value is -3.21.